The molecular weight excluding hydrogens is 542 g/mol. The normalized spacial score (nSPS) is 10.9. The van der Waals surface area contributed by atoms with E-state index in [1.165, 1.54) is 6.20 Å². The Morgan fingerprint density at radius 1 is 0.767 bits per heavy atom. The lowest BCUT2D eigenvalue weighted by molar-refractivity contribution is 0.102. The topological polar surface area (TPSA) is 106 Å². The van der Waals surface area contributed by atoms with Crippen LogP contribution in [0.3, 0.4) is 0 Å². The van der Waals surface area contributed by atoms with Crippen LogP contribution in [0.25, 0.3) is 11.0 Å². The highest BCUT2D eigenvalue weighted by molar-refractivity contribution is 6.12. The summed E-state index contributed by atoms with van der Waals surface area (Å²) in [6.45, 7) is 1.63. The molecule has 5 rings (SSSR count). The standard InChI is InChI=1S/C34H33N5O4/c1-39(22-24-14-17-31(42-2)32(20-24)43-3)19-18-23-12-15-25(16-13-23)36-33(40)26-8-4-5-9-27(26)38-34(41)30-21-35-28-10-6-7-11-29(28)37-30/h4-17,20-21H,18-19,22H2,1-3H3,(H,36,40)(H,38,41). The molecular formula is C34H33N5O4. The number of carbonyl (C=O) groups excluding carboxylic acids is 2. The summed E-state index contributed by atoms with van der Waals surface area (Å²) in [6.07, 6.45) is 2.28. The number of amides is 2. The molecule has 9 heteroatoms. The van der Waals surface area contributed by atoms with E-state index >= 15 is 0 Å². The van der Waals surface area contributed by atoms with Crippen molar-refractivity contribution in [2.75, 3.05) is 38.4 Å². The van der Waals surface area contributed by atoms with E-state index in [9.17, 15) is 9.59 Å². The van der Waals surface area contributed by atoms with Crippen LogP contribution in [0.15, 0.2) is 97.2 Å². The fourth-order valence-electron chi connectivity index (χ4n) is 4.69. The number of likely N-dealkylation sites (N-methyl/N-ethyl adjacent to an activating group) is 1. The molecule has 1 heterocycles. The predicted octanol–water partition coefficient (Wildman–Crippen LogP) is 5.83. The van der Waals surface area contributed by atoms with E-state index in [1.54, 1.807) is 44.6 Å². The summed E-state index contributed by atoms with van der Waals surface area (Å²) < 4.78 is 10.7. The molecule has 0 spiro atoms. The molecule has 0 saturated heterocycles. The van der Waals surface area contributed by atoms with Gasteiger partial charge < -0.3 is 25.0 Å². The number of para-hydroxylation sites is 3. The molecule has 2 N–H and O–H groups in total. The van der Waals surface area contributed by atoms with E-state index in [0.717, 1.165) is 36.4 Å². The molecule has 0 fully saturated rings. The highest BCUT2D eigenvalue weighted by atomic mass is 16.5. The summed E-state index contributed by atoms with van der Waals surface area (Å²) in [5.74, 6) is 0.655. The second-order valence-corrected chi connectivity index (χ2v) is 10.1. The number of carbonyl (C=O) groups is 2. The van der Waals surface area contributed by atoms with Gasteiger partial charge in [0.05, 0.1) is 42.7 Å². The van der Waals surface area contributed by atoms with Gasteiger partial charge in [0.2, 0.25) is 0 Å². The van der Waals surface area contributed by atoms with Crippen LogP contribution in [0.4, 0.5) is 11.4 Å². The van der Waals surface area contributed by atoms with Crippen molar-refractivity contribution in [2.24, 2.45) is 0 Å². The fraction of sp³-hybridized carbons (Fsp3) is 0.176. The first-order chi connectivity index (χ1) is 20.9. The van der Waals surface area contributed by atoms with Crippen LogP contribution in [0.5, 0.6) is 11.5 Å². The lowest BCUT2D eigenvalue weighted by Crippen LogP contribution is -2.21. The van der Waals surface area contributed by atoms with E-state index in [4.69, 9.17) is 9.47 Å². The van der Waals surface area contributed by atoms with Gasteiger partial charge in [0, 0.05) is 18.8 Å². The van der Waals surface area contributed by atoms with Gasteiger partial charge in [0.1, 0.15) is 5.69 Å². The van der Waals surface area contributed by atoms with E-state index in [1.807, 2.05) is 60.7 Å². The minimum Gasteiger partial charge on any atom is -0.493 e. The van der Waals surface area contributed by atoms with Gasteiger partial charge in [0.15, 0.2) is 11.5 Å². The van der Waals surface area contributed by atoms with Crippen molar-refractivity contribution in [1.29, 1.82) is 0 Å². The third-order valence-corrected chi connectivity index (χ3v) is 7.00. The van der Waals surface area contributed by atoms with Crippen molar-refractivity contribution in [3.63, 3.8) is 0 Å². The second-order valence-electron chi connectivity index (χ2n) is 10.1. The van der Waals surface area contributed by atoms with Crippen molar-refractivity contribution < 1.29 is 19.1 Å². The number of aromatic nitrogens is 2. The van der Waals surface area contributed by atoms with Gasteiger partial charge in [-0.25, -0.2) is 4.98 Å². The zero-order valence-electron chi connectivity index (χ0n) is 24.3. The summed E-state index contributed by atoms with van der Waals surface area (Å²) in [6, 6.07) is 27.9. The van der Waals surface area contributed by atoms with Gasteiger partial charge in [-0.15, -0.1) is 0 Å². The molecule has 5 aromatic rings. The number of hydrogen-bond acceptors (Lipinski definition) is 7. The maximum Gasteiger partial charge on any atom is 0.275 e. The minimum absolute atomic E-state index is 0.166. The van der Waals surface area contributed by atoms with Gasteiger partial charge in [-0.1, -0.05) is 42.5 Å². The van der Waals surface area contributed by atoms with Crippen LogP contribution in [0.1, 0.15) is 32.0 Å². The molecule has 0 aliphatic carbocycles. The summed E-state index contributed by atoms with van der Waals surface area (Å²) in [5.41, 5.74) is 5.16. The Bertz CT molecular complexity index is 1740. The number of fused-ring (bicyclic) bond motifs is 1. The molecule has 0 radical (unpaired) electrons. The minimum atomic E-state index is -0.445. The SMILES string of the molecule is COc1ccc(CN(C)CCc2ccc(NC(=O)c3ccccc3NC(=O)c3cnc4ccccc4n3)cc2)cc1OC. The van der Waals surface area contributed by atoms with Crippen LogP contribution in [0.2, 0.25) is 0 Å². The zero-order chi connectivity index (χ0) is 30.2. The number of nitrogens with one attached hydrogen (secondary N) is 2. The Balaban J connectivity index is 1.17. The third-order valence-electron chi connectivity index (χ3n) is 7.00. The van der Waals surface area contributed by atoms with Crippen LogP contribution < -0.4 is 20.1 Å². The highest BCUT2D eigenvalue weighted by Gasteiger charge is 2.16. The fourth-order valence-corrected chi connectivity index (χ4v) is 4.69. The first-order valence-corrected chi connectivity index (χ1v) is 13.9. The Morgan fingerprint density at radius 2 is 1.47 bits per heavy atom. The molecule has 218 valence electrons. The van der Waals surface area contributed by atoms with Gasteiger partial charge in [0.25, 0.3) is 11.8 Å². The largest absolute Gasteiger partial charge is 0.493 e. The predicted molar refractivity (Wildman–Crippen MR) is 168 cm³/mol. The third kappa shape index (κ3) is 7.33. The average molecular weight is 576 g/mol. The van der Waals surface area contributed by atoms with E-state index < -0.39 is 5.91 Å². The first-order valence-electron chi connectivity index (χ1n) is 13.9. The average Bonchev–Trinajstić information content (AvgIpc) is 3.04. The number of ether oxygens (including phenoxy) is 2. The maximum absolute atomic E-state index is 13.2. The van der Waals surface area contributed by atoms with E-state index in [0.29, 0.717) is 33.7 Å². The van der Waals surface area contributed by atoms with Crippen molar-refractivity contribution in [3.8, 4) is 11.5 Å². The van der Waals surface area contributed by atoms with E-state index in [2.05, 4.69) is 32.5 Å². The zero-order valence-corrected chi connectivity index (χ0v) is 24.3. The first kappa shape index (κ1) is 29.2. The number of benzene rings is 4. The molecule has 0 saturated carbocycles. The lowest BCUT2D eigenvalue weighted by atomic mass is 10.1. The maximum atomic E-state index is 13.2. The Kier molecular flexibility index (Phi) is 9.23. The number of hydrogen-bond donors (Lipinski definition) is 2. The quantitative estimate of drug-likeness (QED) is 0.204. The van der Waals surface area contributed by atoms with Crippen molar-refractivity contribution in [1.82, 2.24) is 14.9 Å². The number of methoxy groups -OCH3 is 2. The number of nitrogens with zero attached hydrogens (tertiary/aromatic N) is 3. The molecule has 0 aliphatic rings. The summed E-state index contributed by atoms with van der Waals surface area (Å²) in [4.78, 5) is 37.0. The van der Waals surface area contributed by atoms with Gasteiger partial charge >= 0.3 is 0 Å². The molecule has 4 aromatic carbocycles. The molecule has 1 aromatic heterocycles. The molecule has 9 nitrogen and oxygen atoms in total. The molecule has 0 atom stereocenters. The van der Waals surface area contributed by atoms with Gasteiger partial charge in [-0.2, -0.15) is 0 Å². The Morgan fingerprint density at radius 3 is 2.23 bits per heavy atom. The Hall–Kier alpha value is -5.28. The van der Waals surface area contributed by atoms with Crippen molar-refractivity contribution in [2.45, 2.75) is 13.0 Å². The van der Waals surface area contributed by atoms with Crippen LogP contribution >= 0.6 is 0 Å². The van der Waals surface area contributed by atoms with Crippen LogP contribution in [0, 0.1) is 0 Å². The van der Waals surface area contributed by atoms with E-state index in [-0.39, 0.29) is 11.6 Å². The molecule has 43 heavy (non-hydrogen) atoms. The number of anilines is 2. The number of rotatable bonds is 11. The van der Waals surface area contributed by atoms with Crippen molar-refractivity contribution in [3.05, 3.63) is 120 Å². The molecule has 2 amide bonds. The summed E-state index contributed by atoms with van der Waals surface area (Å²) in [7, 11) is 5.34. The Labute approximate surface area is 250 Å². The van der Waals surface area contributed by atoms with Crippen molar-refractivity contribution >= 4 is 34.2 Å². The smallest absolute Gasteiger partial charge is 0.275 e. The molecule has 0 bridgehead atoms. The summed E-state index contributed by atoms with van der Waals surface area (Å²) in [5, 5.41) is 5.73. The monoisotopic (exact) mass is 575 g/mol. The molecule has 0 aliphatic heterocycles. The lowest BCUT2D eigenvalue weighted by Gasteiger charge is -2.18. The highest BCUT2D eigenvalue weighted by Crippen LogP contribution is 2.28. The second kappa shape index (κ2) is 13.6. The van der Waals surface area contributed by atoms with Gasteiger partial charge in [-0.05, 0) is 73.1 Å². The van der Waals surface area contributed by atoms with Crippen LogP contribution in [-0.4, -0.2) is 54.5 Å². The molecule has 0 unspecified atom stereocenters. The van der Waals surface area contributed by atoms with Gasteiger partial charge in [-0.3, -0.25) is 14.6 Å². The van der Waals surface area contributed by atoms with Crippen LogP contribution in [-0.2, 0) is 13.0 Å². The summed E-state index contributed by atoms with van der Waals surface area (Å²) >= 11 is 0.